The second-order valence-corrected chi connectivity index (χ2v) is 10.8. The van der Waals surface area contributed by atoms with Gasteiger partial charge >= 0.3 is 0 Å². The minimum absolute atomic E-state index is 0.663. The zero-order chi connectivity index (χ0) is 22.8. The van der Waals surface area contributed by atoms with E-state index in [4.69, 9.17) is 0 Å². The fraction of sp³-hybridized carbons (Fsp3) is 0.733. The van der Waals surface area contributed by atoms with Crippen molar-refractivity contribution in [3.05, 3.63) is 34.4 Å². The molecule has 1 aromatic rings. The van der Waals surface area contributed by atoms with Gasteiger partial charge < -0.3 is 0 Å². The second-order valence-electron chi connectivity index (χ2n) is 10.8. The lowest BCUT2D eigenvalue weighted by atomic mass is 9.77. The molecule has 2 nitrogen and oxygen atoms in total. The highest BCUT2D eigenvalue weighted by molar-refractivity contribution is 5.54. The van der Waals surface area contributed by atoms with E-state index in [2.05, 4.69) is 38.1 Å². The number of rotatable bonds is 10. The van der Waals surface area contributed by atoms with Crippen LogP contribution in [0.3, 0.4) is 0 Å². The molecular weight excluding hydrogens is 388 g/mol. The quantitative estimate of drug-likeness (QED) is 0.372. The van der Waals surface area contributed by atoms with Crippen LogP contribution in [0.1, 0.15) is 126 Å². The summed E-state index contributed by atoms with van der Waals surface area (Å²) in [7, 11) is 0. The Morgan fingerprint density at radius 2 is 0.906 bits per heavy atom. The Bertz CT molecular complexity index is 713. The van der Waals surface area contributed by atoms with E-state index >= 15 is 0 Å². The Morgan fingerprint density at radius 3 is 1.19 bits per heavy atom. The van der Waals surface area contributed by atoms with Crippen molar-refractivity contribution in [3.63, 3.8) is 0 Å². The molecule has 0 unspecified atom stereocenters. The van der Waals surface area contributed by atoms with Crippen molar-refractivity contribution < 1.29 is 0 Å². The summed E-state index contributed by atoms with van der Waals surface area (Å²) >= 11 is 0. The molecule has 2 heteroatoms. The van der Waals surface area contributed by atoms with Gasteiger partial charge in [-0.1, -0.05) is 103 Å². The Kier molecular flexibility index (Phi) is 10.1. The number of nitrogens with zero attached hydrogens (tertiary/aromatic N) is 2. The number of hydrogen-bond donors (Lipinski definition) is 0. The lowest BCUT2D eigenvalue weighted by Crippen LogP contribution is -2.16. The minimum atomic E-state index is 0.663. The molecule has 0 heterocycles. The van der Waals surface area contributed by atoms with Gasteiger partial charge in [0.2, 0.25) is 0 Å². The van der Waals surface area contributed by atoms with Crippen LogP contribution in [0.25, 0.3) is 0 Å². The van der Waals surface area contributed by atoms with E-state index in [0.717, 1.165) is 47.6 Å². The third kappa shape index (κ3) is 6.85. The van der Waals surface area contributed by atoms with Gasteiger partial charge in [0.25, 0.3) is 0 Å². The van der Waals surface area contributed by atoms with Crippen LogP contribution in [0.5, 0.6) is 0 Å². The van der Waals surface area contributed by atoms with Gasteiger partial charge in [-0.2, -0.15) is 10.5 Å². The monoisotopic (exact) mass is 432 g/mol. The minimum Gasteiger partial charge on any atom is -0.192 e. The van der Waals surface area contributed by atoms with E-state index in [1.807, 2.05) is 0 Å². The van der Waals surface area contributed by atoms with Gasteiger partial charge in [-0.05, 0) is 60.5 Å². The van der Waals surface area contributed by atoms with Crippen LogP contribution in [0, 0.1) is 46.3 Å². The van der Waals surface area contributed by atoms with Crippen LogP contribution in [0.15, 0.2) is 12.1 Å². The molecule has 1 aromatic carbocycles. The van der Waals surface area contributed by atoms with Gasteiger partial charge in [-0.3, -0.25) is 0 Å². The molecule has 2 saturated carbocycles. The first-order valence-electron chi connectivity index (χ1n) is 13.6. The second kappa shape index (κ2) is 13.0. The van der Waals surface area contributed by atoms with Crippen molar-refractivity contribution in [1.29, 1.82) is 10.5 Å². The number of aryl methyl sites for hydroxylation is 2. The molecular formula is C30H44N2. The summed E-state index contributed by atoms with van der Waals surface area (Å²) in [6.07, 6.45) is 20.5. The highest BCUT2D eigenvalue weighted by Crippen LogP contribution is 2.36. The van der Waals surface area contributed by atoms with Gasteiger partial charge in [0.1, 0.15) is 12.1 Å². The van der Waals surface area contributed by atoms with E-state index in [1.54, 1.807) is 0 Å². The number of nitriles is 2. The predicted octanol–water partition coefficient (Wildman–Crippen LogP) is 8.51. The van der Waals surface area contributed by atoms with Crippen molar-refractivity contribution >= 4 is 0 Å². The largest absolute Gasteiger partial charge is 0.192 e. The molecule has 174 valence electrons. The number of hydrogen-bond acceptors (Lipinski definition) is 2. The lowest BCUT2D eigenvalue weighted by molar-refractivity contribution is 0.252. The zero-order valence-electron chi connectivity index (χ0n) is 20.7. The van der Waals surface area contributed by atoms with Crippen molar-refractivity contribution in [2.75, 3.05) is 0 Å². The maximum absolute atomic E-state index is 9.88. The summed E-state index contributed by atoms with van der Waals surface area (Å²) < 4.78 is 0. The zero-order valence-corrected chi connectivity index (χ0v) is 20.7. The van der Waals surface area contributed by atoms with E-state index < -0.39 is 0 Å². The molecule has 2 aliphatic carbocycles. The third-order valence-corrected chi connectivity index (χ3v) is 8.57. The van der Waals surface area contributed by atoms with Crippen molar-refractivity contribution in [1.82, 2.24) is 0 Å². The summed E-state index contributed by atoms with van der Waals surface area (Å²) in [5, 5.41) is 19.8. The van der Waals surface area contributed by atoms with Crippen LogP contribution in [-0.2, 0) is 12.8 Å². The number of benzene rings is 1. The molecule has 0 N–H and O–H groups in total. The topological polar surface area (TPSA) is 47.6 Å². The van der Waals surface area contributed by atoms with Crippen LogP contribution in [0.2, 0.25) is 0 Å². The van der Waals surface area contributed by atoms with E-state index in [-0.39, 0.29) is 0 Å². The third-order valence-electron chi connectivity index (χ3n) is 8.57. The van der Waals surface area contributed by atoms with Gasteiger partial charge in [0.15, 0.2) is 0 Å². The average Bonchev–Trinajstić information content (AvgIpc) is 2.83. The first-order chi connectivity index (χ1) is 15.7. The summed E-state index contributed by atoms with van der Waals surface area (Å²) in [4.78, 5) is 0. The summed E-state index contributed by atoms with van der Waals surface area (Å²) in [5.41, 5.74) is 3.53. The Labute approximate surface area is 197 Å². The molecule has 2 aliphatic rings. The average molecular weight is 433 g/mol. The molecule has 0 aliphatic heterocycles. The molecule has 2 fully saturated rings. The Hall–Kier alpha value is -1.80. The molecule has 0 aromatic heterocycles. The fourth-order valence-electron chi connectivity index (χ4n) is 6.51. The van der Waals surface area contributed by atoms with E-state index in [9.17, 15) is 10.5 Å². The first-order valence-corrected chi connectivity index (χ1v) is 13.6. The fourth-order valence-corrected chi connectivity index (χ4v) is 6.51. The van der Waals surface area contributed by atoms with Crippen molar-refractivity contribution in [3.8, 4) is 12.1 Å². The van der Waals surface area contributed by atoms with Crippen LogP contribution < -0.4 is 0 Å². The highest BCUT2D eigenvalue weighted by atomic mass is 14.3. The molecule has 0 saturated heterocycles. The van der Waals surface area contributed by atoms with Gasteiger partial charge in [-0.15, -0.1) is 0 Å². The molecule has 32 heavy (non-hydrogen) atoms. The highest BCUT2D eigenvalue weighted by Gasteiger charge is 2.23. The molecule has 0 spiro atoms. The van der Waals surface area contributed by atoms with E-state index in [0.29, 0.717) is 11.1 Å². The van der Waals surface area contributed by atoms with Gasteiger partial charge in [0.05, 0.1) is 11.1 Å². The SMILES string of the molecule is CCCC1CCC(CCc2ccc(CCC3CCC(CCC)CC3)c(C#N)c2C#N)CC1. The van der Waals surface area contributed by atoms with Crippen LogP contribution in [0.4, 0.5) is 0 Å². The van der Waals surface area contributed by atoms with Gasteiger partial charge in [0, 0.05) is 0 Å². The van der Waals surface area contributed by atoms with Gasteiger partial charge in [-0.25, -0.2) is 0 Å². The lowest BCUT2D eigenvalue weighted by Gasteiger charge is -2.28. The van der Waals surface area contributed by atoms with Crippen molar-refractivity contribution in [2.45, 2.75) is 117 Å². The smallest absolute Gasteiger partial charge is 0.101 e. The molecule has 3 rings (SSSR count). The Balaban J connectivity index is 1.55. The molecule has 0 amide bonds. The predicted molar refractivity (Wildman–Crippen MR) is 133 cm³/mol. The van der Waals surface area contributed by atoms with Crippen LogP contribution in [-0.4, -0.2) is 0 Å². The maximum Gasteiger partial charge on any atom is 0.101 e. The standard InChI is InChI=1S/C30H44N2/c1-3-5-23-7-11-25(12-8-23)15-17-27-19-20-28(30(22-32)29(27)21-31)18-16-26-13-9-24(6-4-2)10-14-26/h19-20,23-26H,3-18H2,1-2H3. The van der Waals surface area contributed by atoms with Crippen molar-refractivity contribution in [2.24, 2.45) is 23.7 Å². The van der Waals surface area contributed by atoms with Crippen LogP contribution >= 0.6 is 0 Å². The molecule has 0 bridgehead atoms. The first kappa shape index (κ1) is 24.8. The normalized spacial score (nSPS) is 25.8. The maximum atomic E-state index is 9.88. The summed E-state index contributed by atoms with van der Waals surface area (Å²) in [5.74, 6) is 3.47. The molecule has 0 atom stereocenters. The van der Waals surface area contributed by atoms with E-state index in [1.165, 1.54) is 89.9 Å². The Morgan fingerprint density at radius 1 is 0.594 bits per heavy atom. The molecule has 0 radical (unpaired) electrons. The summed E-state index contributed by atoms with van der Waals surface area (Å²) in [6, 6.07) is 9.13. The summed E-state index contributed by atoms with van der Waals surface area (Å²) in [6.45, 7) is 4.59.